The Kier molecular flexibility index (Phi) is 4.84. The van der Waals surface area contributed by atoms with E-state index in [0.717, 1.165) is 5.56 Å². The smallest absolute Gasteiger partial charge is 0.339 e. The number of rotatable bonds is 7. The Morgan fingerprint density at radius 3 is 2.80 bits per heavy atom. The highest BCUT2D eigenvalue weighted by atomic mass is 16.6. The lowest BCUT2D eigenvalue weighted by atomic mass is 10.2. The summed E-state index contributed by atoms with van der Waals surface area (Å²) in [6.07, 6.45) is 0.632. The summed E-state index contributed by atoms with van der Waals surface area (Å²) in [6, 6.07) is 8.67. The number of carboxylic acids is 1. The van der Waals surface area contributed by atoms with Crippen LogP contribution in [0.1, 0.15) is 18.4 Å². The van der Waals surface area contributed by atoms with Crippen LogP contribution < -0.4 is 5.32 Å². The number of hydrogen-bond donors (Lipinski definition) is 2. The number of aliphatic imine (C=N–C) groups is 1. The number of cyclic esters (lactones) is 1. The van der Waals surface area contributed by atoms with Gasteiger partial charge in [-0.2, -0.15) is 0 Å². The molecule has 0 radical (unpaired) electrons. The largest absolute Gasteiger partial charge is 0.481 e. The van der Waals surface area contributed by atoms with Crippen molar-refractivity contribution < 1.29 is 19.4 Å². The molecule has 0 saturated heterocycles. The van der Waals surface area contributed by atoms with Crippen molar-refractivity contribution in [1.82, 2.24) is 5.32 Å². The van der Waals surface area contributed by atoms with Gasteiger partial charge in [-0.15, -0.1) is 0 Å². The van der Waals surface area contributed by atoms with Crippen molar-refractivity contribution in [2.45, 2.75) is 18.9 Å². The van der Waals surface area contributed by atoms with Gasteiger partial charge in [0.2, 0.25) is 5.90 Å². The molecule has 1 atom stereocenters. The van der Waals surface area contributed by atoms with Gasteiger partial charge in [0.05, 0.1) is 0 Å². The van der Waals surface area contributed by atoms with Crippen LogP contribution >= 0.6 is 0 Å². The zero-order valence-electron chi connectivity index (χ0n) is 10.9. The van der Waals surface area contributed by atoms with Gasteiger partial charge in [0.15, 0.2) is 6.04 Å². The third-order valence-electron chi connectivity index (χ3n) is 2.85. The fourth-order valence-corrected chi connectivity index (χ4v) is 1.83. The van der Waals surface area contributed by atoms with Crippen molar-refractivity contribution in [1.29, 1.82) is 0 Å². The average Bonchev–Trinajstić information content (AvgIpc) is 2.81. The number of esters is 1. The second kappa shape index (κ2) is 6.81. The Labute approximate surface area is 116 Å². The van der Waals surface area contributed by atoms with Gasteiger partial charge < -0.3 is 15.2 Å². The van der Waals surface area contributed by atoms with Gasteiger partial charge in [-0.05, 0) is 25.1 Å². The summed E-state index contributed by atoms with van der Waals surface area (Å²) < 4.78 is 5.13. The molecule has 1 aromatic carbocycles. The van der Waals surface area contributed by atoms with Gasteiger partial charge in [0.25, 0.3) is 0 Å². The topological polar surface area (TPSA) is 88.0 Å². The fraction of sp³-hybridized carbons (Fsp3) is 0.357. The molecule has 0 spiro atoms. The van der Waals surface area contributed by atoms with Crippen molar-refractivity contribution >= 4 is 17.8 Å². The molecule has 1 aliphatic heterocycles. The second-order valence-corrected chi connectivity index (χ2v) is 4.44. The van der Waals surface area contributed by atoms with Crippen LogP contribution in [-0.4, -0.2) is 42.1 Å². The first kappa shape index (κ1) is 14.2. The third-order valence-corrected chi connectivity index (χ3v) is 2.85. The maximum absolute atomic E-state index is 11.7. The summed E-state index contributed by atoms with van der Waals surface area (Å²) in [4.78, 5) is 26.2. The minimum absolute atomic E-state index is 0.112. The number of nitrogens with zero attached hydrogens (tertiary/aromatic N) is 1. The molecule has 6 heteroatoms. The highest BCUT2D eigenvalue weighted by molar-refractivity contribution is 6.06. The number of benzene rings is 1. The summed E-state index contributed by atoms with van der Waals surface area (Å²) in [6.45, 7) is 0.890. The molecule has 2 N–H and O–H groups in total. The van der Waals surface area contributed by atoms with Crippen molar-refractivity contribution in [2.24, 2.45) is 4.99 Å². The predicted octanol–water partition coefficient (Wildman–Crippen LogP) is 0.813. The number of ether oxygens (including phenoxy) is 1. The minimum atomic E-state index is -0.823. The van der Waals surface area contributed by atoms with Crippen molar-refractivity contribution in [3.8, 4) is 0 Å². The van der Waals surface area contributed by atoms with Crippen LogP contribution in [0.15, 0.2) is 35.3 Å². The van der Waals surface area contributed by atoms with Gasteiger partial charge >= 0.3 is 11.9 Å². The van der Waals surface area contributed by atoms with E-state index in [1.807, 2.05) is 30.3 Å². The van der Waals surface area contributed by atoms with E-state index in [-0.39, 0.29) is 12.4 Å². The molecular weight excluding hydrogens is 260 g/mol. The number of hydrogen-bond acceptors (Lipinski definition) is 5. The standard InChI is InChI=1S/C14H16N2O4/c17-12(18)7-4-8-15-9-11-14(19)20-13(16-11)10-5-2-1-3-6-10/h1-3,5-6,11,15H,4,7-9H2,(H,17,18). The summed E-state index contributed by atoms with van der Waals surface area (Å²) >= 11 is 0. The molecule has 0 aliphatic carbocycles. The van der Waals surface area contributed by atoms with Crippen LogP contribution in [-0.2, 0) is 14.3 Å². The van der Waals surface area contributed by atoms with E-state index in [4.69, 9.17) is 9.84 Å². The highest BCUT2D eigenvalue weighted by Crippen LogP contribution is 2.12. The Hall–Kier alpha value is -2.21. The lowest BCUT2D eigenvalue weighted by Crippen LogP contribution is -2.30. The maximum Gasteiger partial charge on any atom is 0.339 e. The number of carbonyl (C=O) groups is 2. The van der Waals surface area contributed by atoms with Crippen molar-refractivity contribution in [2.75, 3.05) is 13.1 Å². The molecule has 0 saturated carbocycles. The molecule has 0 aromatic heterocycles. The first-order valence-electron chi connectivity index (χ1n) is 6.44. The predicted molar refractivity (Wildman–Crippen MR) is 72.6 cm³/mol. The molecule has 1 unspecified atom stereocenters. The molecule has 1 aromatic rings. The molecular formula is C14H16N2O4. The molecule has 1 aliphatic rings. The van der Waals surface area contributed by atoms with Crippen LogP contribution in [0.5, 0.6) is 0 Å². The quantitative estimate of drug-likeness (QED) is 0.568. The molecule has 6 nitrogen and oxygen atoms in total. The highest BCUT2D eigenvalue weighted by Gasteiger charge is 2.29. The van der Waals surface area contributed by atoms with E-state index in [9.17, 15) is 9.59 Å². The Bertz CT molecular complexity index is 513. The second-order valence-electron chi connectivity index (χ2n) is 4.44. The molecule has 0 bridgehead atoms. The molecule has 0 fully saturated rings. The maximum atomic E-state index is 11.7. The normalized spacial score (nSPS) is 17.7. The van der Waals surface area contributed by atoms with Crippen LogP contribution in [0.3, 0.4) is 0 Å². The zero-order valence-corrected chi connectivity index (χ0v) is 10.9. The van der Waals surface area contributed by atoms with Gasteiger partial charge in [0, 0.05) is 18.5 Å². The molecule has 20 heavy (non-hydrogen) atoms. The first-order chi connectivity index (χ1) is 9.66. The van der Waals surface area contributed by atoms with E-state index in [1.165, 1.54) is 0 Å². The average molecular weight is 276 g/mol. The Morgan fingerprint density at radius 1 is 1.35 bits per heavy atom. The van der Waals surface area contributed by atoms with E-state index in [0.29, 0.717) is 25.4 Å². The van der Waals surface area contributed by atoms with E-state index in [2.05, 4.69) is 10.3 Å². The molecule has 2 rings (SSSR count). The van der Waals surface area contributed by atoms with Gasteiger partial charge in [-0.3, -0.25) is 4.79 Å². The summed E-state index contributed by atoms with van der Waals surface area (Å²) in [7, 11) is 0. The van der Waals surface area contributed by atoms with Crippen LogP contribution in [0.25, 0.3) is 0 Å². The number of nitrogens with one attached hydrogen (secondary N) is 1. The van der Waals surface area contributed by atoms with E-state index < -0.39 is 12.0 Å². The van der Waals surface area contributed by atoms with Crippen LogP contribution in [0.2, 0.25) is 0 Å². The molecule has 1 heterocycles. The summed E-state index contributed by atoms with van der Waals surface area (Å²) in [5, 5.41) is 11.5. The third kappa shape index (κ3) is 3.89. The van der Waals surface area contributed by atoms with Gasteiger partial charge in [0.1, 0.15) is 0 Å². The van der Waals surface area contributed by atoms with Crippen molar-refractivity contribution in [3.63, 3.8) is 0 Å². The van der Waals surface area contributed by atoms with Crippen molar-refractivity contribution in [3.05, 3.63) is 35.9 Å². The van der Waals surface area contributed by atoms with Crippen LogP contribution in [0.4, 0.5) is 0 Å². The van der Waals surface area contributed by atoms with E-state index >= 15 is 0 Å². The Morgan fingerprint density at radius 2 is 2.10 bits per heavy atom. The van der Waals surface area contributed by atoms with Gasteiger partial charge in [-0.25, -0.2) is 9.79 Å². The lowest BCUT2D eigenvalue weighted by Gasteiger charge is -2.04. The fourth-order valence-electron chi connectivity index (χ4n) is 1.83. The SMILES string of the molecule is O=C(O)CCCNCC1N=C(c2ccccc2)OC1=O. The Balaban J connectivity index is 1.82. The summed E-state index contributed by atoms with van der Waals surface area (Å²) in [5.41, 5.74) is 0.772. The molecule has 0 amide bonds. The van der Waals surface area contributed by atoms with Crippen LogP contribution in [0, 0.1) is 0 Å². The number of carbonyl (C=O) groups excluding carboxylic acids is 1. The number of carboxylic acid groups (broad SMARTS) is 1. The number of aliphatic carboxylic acids is 1. The lowest BCUT2D eigenvalue weighted by molar-refractivity contribution is -0.137. The molecule has 106 valence electrons. The van der Waals surface area contributed by atoms with Gasteiger partial charge in [-0.1, -0.05) is 18.2 Å². The zero-order chi connectivity index (χ0) is 14.4. The monoisotopic (exact) mass is 276 g/mol. The summed E-state index contributed by atoms with van der Waals surface area (Å²) in [5.74, 6) is -0.862. The first-order valence-corrected chi connectivity index (χ1v) is 6.44. The van der Waals surface area contributed by atoms with E-state index in [1.54, 1.807) is 0 Å². The minimum Gasteiger partial charge on any atom is -0.481 e.